The predicted molar refractivity (Wildman–Crippen MR) is 85.9 cm³/mol. The van der Waals surface area contributed by atoms with Crippen LogP contribution in [0, 0.1) is 0 Å². The lowest BCUT2D eigenvalue weighted by molar-refractivity contribution is 0.0401. The van der Waals surface area contributed by atoms with Crippen LogP contribution in [0.25, 0.3) is 0 Å². The fourth-order valence-electron chi connectivity index (χ4n) is 2.58. The quantitative estimate of drug-likeness (QED) is 0.845. The van der Waals surface area contributed by atoms with Crippen molar-refractivity contribution in [3.8, 4) is 0 Å². The van der Waals surface area contributed by atoms with E-state index in [-0.39, 0.29) is 28.6 Å². The Morgan fingerprint density at radius 2 is 2.24 bits per heavy atom. The average Bonchev–Trinajstić information content (AvgIpc) is 2.46. The van der Waals surface area contributed by atoms with Gasteiger partial charge >= 0.3 is 0 Å². The number of halogens is 2. The highest BCUT2D eigenvalue weighted by molar-refractivity contribution is 9.10. The van der Waals surface area contributed by atoms with Crippen LogP contribution < -0.4 is 5.73 Å². The second-order valence-corrected chi connectivity index (χ2v) is 8.03. The van der Waals surface area contributed by atoms with Crippen molar-refractivity contribution in [1.29, 1.82) is 0 Å². The molecule has 5 nitrogen and oxygen atoms in total. The first kappa shape index (κ1) is 17.2. The van der Waals surface area contributed by atoms with Crippen LogP contribution in [0.3, 0.4) is 0 Å². The molecule has 1 heterocycles. The van der Waals surface area contributed by atoms with Crippen molar-refractivity contribution < 1.29 is 13.2 Å². The summed E-state index contributed by atoms with van der Waals surface area (Å²) in [6.45, 7) is 0.627. The summed E-state index contributed by atoms with van der Waals surface area (Å²) in [6, 6.07) is 4.65. The molecule has 1 fully saturated rings. The molecule has 118 valence electrons. The molecule has 2 rings (SSSR count). The first-order valence-corrected chi connectivity index (χ1v) is 9.21. The summed E-state index contributed by atoms with van der Waals surface area (Å²) in [5.74, 6) is 0. The van der Waals surface area contributed by atoms with Crippen molar-refractivity contribution in [2.45, 2.75) is 29.9 Å². The lowest BCUT2D eigenvalue weighted by Gasteiger charge is -2.37. The molecule has 1 saturated heterocycles. The van der Waals surface area contributed by atoms with Gasteiger partial charge < -0.3 is 10.5 Å². The van der Waals surface area contributed by atoms with E-state index < -0.39 is 10.0 Å². The molecule has 0 aromatic heterocycles. The molecule has 0 spiro atoms. The van der Waals surface area contributed by atoms with E-state index in [4.69, 9.17) is 22.1 Å². The van der Waals surface area contributed by atoms with Crippen molar-refractivity contribution in [1.82, 2.24) is 4.31 Å². The lowest BCUT2D eigenvalue weighted by atomic mass is 10.0. The number of rotatable bonds is 4. The summed E-state index contributed by atoms with van der Waals surface area (Å²) in [4.78, 5) is 0.0981. The third-order valence-corrected chi connectivity index (χ3v) is 7.11. The molecular weight excluding hydrogens is 380 g/mol. The van der Waals surface area contributed by atoms with Gasteiger partial charge in [-0.25, -0.2) is 8.42 Å². The van der Waals surface area contributed by atoms with Gasteiger partial charge in [-0.3, -0.25) is 0 Å². The van der Waals surface area contributed by atoms with Gasteiger partial charge in [-0.2, -0.15) is 4.31 Å². The number of hydrogen-bond donors (Lipinski definition) is 1. The topological polar surface area (TPSA) is 72.6 Å². The molecule has 0 bridgehead atoms. The Balaban J connectivity index is 2.39. The van der Waals surface area contributed by atoms with E-state index in [1.807, 2.05) is 0 Å². The summed E-state index contributed by atoms with van der Waals surface area (Å²) in [5.41, 5.74) is 5.76. The van der Waals surface area contributed by atoms with Gasteiger partial charge in [0.1, 0.15) is 4.90 Å². The van der Waals surface area contributed by atoms with Crippen molar-refractivity contribution in [3.05, 3.63) is 27.7 Å². The van der Waals surface area contributed by atoms with Crippen LogP contribution in [0.1, 0.15) is 12.8 Å². The minimum atomic E-state index is -3.70. The van der Waals surface area contributed by atoms with E-state index in [1.54, 1.807) is 25.3 Å². The molecule has 0 amide bonds. The largest absolute Gasteiger partial charge is 0.381 e. The van der Waals surface area contributed by atoms with E-state index in [9.17, 15) is 8.42 Å². The maximum absolute atomic E-state index is 12.9. The zero-order valence-corrected chi connectivity index (χ0v) is 14.8. The fraction of sp³-hybridized carbons (Fsp3) is 0.538. The second-order valence-electron chi connectivity index (χ2n) is 4.94. The van der Waals surface area contributed by atoms with E-state index in [0.29, 0.717) is 23.9 Å². The highest BCUT2D eigenvalue weighted by atomic mass is 79.9. The summed E-state index contributed by atoms with van der Waals surface area (Å²) < 4.78 is 33.0. The molecule has 1 aliphatic rings. The molecular formula is C13H18BrClN2O3S. The van der Waals surface area contributed by atoms with Gasteiger partial charge in [0.25, 0.3) is 0 Å². The van der Waals surface area contributed by atoms with Crippen LogP contribution in [0.4, 0.5) is 0 Å². The molecule has 1 aromatic carbocycles. The van der Waals surface area contributed by atoms with Crippen molar-refractivity contribution in [2.24, 2.45) is 5.73 Å². The zero-order chi connectivity index (χ0) is 15.6. The third-order valence-electron chi connectivity index (χ3n) is 3.70. The first-order chi connectivity index (χ1) is 9.91. The highest BCUT2D eigenvalue weighted by Gasteiger charge is 2.38. The van der Waals surface area contributed by atoms with Gasteiger partial charge in [-0.1, -0.05) is 17.7 Å². The second kappa shape index (κ2) is 6.93. The standard InChI is InChI=1S/C13H18BrClN2O3S/c1-20-10-5-6-17(9(7-10)8-16)21(18,19)13-11(14)3-2-4-12(13)15/h2-4,9-10H,5-8,16H2,1H3. The van der Waals surface area contributed by atoms with E-state index >= 15 is 0 Å². The van der Waals surface area contributed by atoms with Crippen LogP contribution in [0.15, 0.2) is 27.6 Å². The van der Waals surface area contributed by atoms with Gasteiger partial charge in [-0.15, -0.1) is 0 Å². The summed E-state index contributed by atoms with van der Waals surface area (Å²) >= 11 is 9.36. The molecule has 0 radical (unpaired) electrons. The van der Waals surface area contributed by atoms with Crippen LogP contribution in [0.5, 0.6) is 0 Å². The number of sulfonamides is 1. The first-order valence-electron chi connectivity index (χ1n) is 6.60. The van der Waals surface area contributed by atoms with Gasteiger partial charge in [0.2, 0.25) is 10.0 Å². The van der Waals surface area contributed by atoms with Gasteiger partial charge in [0, 0.05) is 30.7 Å². The van der Waals surface area contributed by atoms with Gasteiger partial charge in [0.15, 0.2) is 0 Å². The molecule has 2 N–H and O–H groups in total. The monoisotopic (exact) mass is 396 g/mol. The van der Waals surface area contributed by atoms with Crippen LogP contribution in [-0.4, -0.2) is 45.1 Å². The Kier molecular flexibility index (Phi) is 5.67. The lowest BCUT2D eigenvalue weighted by Crippen LogP contribution is -2.51. The van der Waals surface area contributed by atoms with Crippen molar-refractivity contribution >= 4 is 37.6 Å². The number of nitrogens with zero attached hydrogens (tertiary/aromatic N) is 1. The van der Waals surface area contributed by atoms with Crippen molar-refractivity contribution in [2.75, 3.05) is 20.2 Å². The summed E-state index contributed by atoms with van der Waals surface area (Å²) in [7, 11) is -2.07. The third kappa shape index (κ3) is 3.43. The molecule has 0 saturated carbocycles. The average molecular weight is 398 g/mol. The SMILES string of the molecule is COC1CCN(S(=O)(=O)c2c(Cl)cccc2Br)C(CN)C1. The molecule has 2 atom stereocenters. The molecule has 8 heteroatoms. The number of hydrogen-bond acceptors (Lipinski definition) is 4. The zero-order valence-electron chi connectivity index (χ0n) is 11.6. The normalized spacial score (nSPS) is 24.2. The Morgan fingerprint density at radius 1 is 1.52 bits per heavy atom. The summed E-state index contributed by atoms with van der Waals surface area (Å²) in [5, 5.41) is 0.203. The number of methoxy groups -OCH3 is 1. The molecule has 2 unspecified atom stereocenters. The van der Waals surface area contributed by atoms with Crippen molar-refractivity contribution in [3.63, 3.8) is 0 Å². The number of ether oxygens (including phenoxy) is 1. The maximum atomic E-state index is 12.9. The molecule has 1 aliphatic heterocycles. The van der Waals surface area contributed by atoms with Crippen LogP contribution in [-0.2, 0) is 14.8 Å². The molecule has 1 aromatic rings. The summed E-state index contributed by atoms with van der Waals surface area (Å²) in [6.07, 6.45) is 1.28. The Bertz CT molecular complexity index is 591. The van der Waals surface area contributed by atoms with E-state index in [1.165, 1.54) is 4.31 Å². The Hall–Kier alpha value is -0.180. The van der Waals surface area contributed by atoms with Crippen LogP contribution >= 0.6 is 27.5 Å². The highest BCUT2D eigenvalue weighted by Crippen LogP contribution is 2.34. The number of nitrogens with two attached hydrogens (primary N) is 1. The van der Waals surface area contributed by atoms with Crippen LogP contribution in [0.2, 0.25) is 5.02 Å². The van der Waals surface area contributed by atoms with Gasteiger partial charge in [-0.05, 0) is 40.9 Å². The minimum absolute atomic E-state index is 0.0414. The smallest absolute Gasteiger partial charge is 0.245 e. The molecule has 21 heavy (non-hydrogen) atoms. The van der Waals surface area contributed by atoms with E-state index in [0.717, 1.165) is 0 Å². The molecule has 0 aliphatic carbocycles. The Morgan fingerprint density at radius 3 is 2.81 bits per heavy atom. The fourth-order valence-corrected chi connectivity index (χ4v) is 5.92. The van der Waals surface area contributed by atoms with E-state index in [2.05, 4.69) is 15.9 Å². The Labute approximate surface area is 138 Å². The maximum Gasteiger partial charge on any atom is 0.245 e. The minimum Gasteiger partial charge on any atom is -0.381 e. The number of piperidine rings is 1. The van der Waals surface area contributed by atoms with Gasteiger partial charge in [0.05, 0.1) is 11.1 Å². The number of benzene rings is 1. The predicted octanol–water partition coefficient (Wildman–Crippen LogP) is 2.23.